The third kappa shape index (κ3) is 3.79. The number of nitrogens with zero attached hydrogens (tertiary/aromatic N) is 2. The Morgan fingerprint density at radius 3 is 2.56 bits per heavy atom. The number of benzene rings is 1. The molecule has 0 atom stereocenters. The highest BCUT2D eigenvalue weighted by Gasteiger charge is 2.40. The predicted molar refractivity (Wildman–Crippen MR) is 103 cm³/mol. The van der Waals surface area contributed by atoms with E-state index in [-0.39, 0.29) is 23.3 Å². The fraction of sp³-hybridized carbons (Fsp3) is 0.474. The number of hydrogen-bond donors (Lipinski definition) is 3. The first kappa shape index (κ1) is 18.9. The first-order chi connectivity index (χ1) is 13.0. The van der Waals surface area contributed by atoms with E-state index in [1.165, 1.54) is 11.5 Å². The maximum absolute atomic E-state index is 12.9. The number of amides is 2. The second-order valence-corrected chi connectivity index (χ2v) is 6.91. The van der Waals surface area contributed by atoms with Gasteiger partial charge in [-0.15, -0.1) is 0 Å². The summed E-state index contributed by atoms with van der Waals surface area (Å²) in [5, 5.41) is 3.35. The van der Waals surface area contributed by atoms with E-state index >= 15 is 0 Å². The smallest absolute Gasteiger partial charge is 0.264 e. The van der Waals surface area contributed by atoms with Crippen molar-refractivity contribution < 1.29 is 9.59 Å². The van der Waals surface area contributed by atoms with E-state index in [0.29, 0.717) is 30.3 Å². The Morgan fingerprint density at radius 1 is 1.19 bits per heavy atom. The minimum absolute atomic E-state index is 0.172. The van der Waals surface area contributed by atoms with Crippen LogP contribution < -0.4 is 21.7 Å². The van der Waals surface area contributed by atoms with Crippen molar-refractivity contribution in [2.75, 3.05) is 5.43 Å². The molecule has 0 bridgehead atoms. The van der Waals surface area contributed by atoms with Crippen LogP contribution in [-0.2, 0) is 16.1 Å². The molecular weight excluding hydrogens is 346 g/mol. The molecule has 8 nitrogen and oxygen atoms in total. The number of para-hydroxylation sites is 1. The summed E-state index contributed by atoms with van der Waals surface area (Å²) in [4.78, 5) is 41.6. The minimum atomic E-state index is -0.925. The largest absolute Gasteiger partial charge is 0.342 e. The molecule has 0 unspecified atom stereocenters. The summed E-state index contributed by atoms with van der Waals surface area (Å²) in [5.41, 5.74) is 4.91. The van der Waals surface area contributed by atoms with Crippen molar-refractivity contribution in [1.29, 1.82) is 0 Å². The first-order valence-corrected chi connectivity index (χ1v) is 9.31. The van der Waals surface area contributed by atoms with Crippen LogP contribution in [0.5, 0.6) is 0 Å². The molecule has 1 fully saturated rings. The zero-order chi connectivity index (χ0) is 19.4. The van der Waals surface area contributed by atoms with E-state index in [4.69, 9.17) is 0 Å². The number of nitrogens with one attached hydrogen (secondary N) is 3. The molecule has 144 valence electrons. The first-order valence-electron chi connectivity index (χ1n) is 9.31. The van der Waals surface area contributed by atoms with Crippen molar-refractivity contribution in [2.45, 2.75) is 58.0 Å². The number of hydrazine groups is 1. The molecule has 8 heteroatoms. The number of aromatic nitrogens is 2. The van der Waals surface area contributed by atoms with Crippen molar-refractivity contribution >= 4 is 28.7 Å². The minimum Gasteiger partial charge on any atom is -0.342 e. The second kappa shape index (κ2) is 7.77. The van der Waals surface area contributed by atoms with Gasteiger partial charge in [0.15, 0.2) is 0 Å². The Kier molecular flexibility index (Phi) is 5.43. The molecule has 2 aromatic rings. The van der Waals surface area contributed by atoms with Crippen molar-refractivity contribution in [3.8, 4) is 0 Å². The van der Waals surface area contributed by atoms with Gasteiger partial charge in [0.25, 0.3) is 11.5 Å². The number of rotatable bonds is 5. The summed E-state index contributed by atoms with van der Waals surface area (Å²) < 4.78 is 1.47. The Hall–Kier alpha value is -2.90. The maximum atomic E-state index is 12.9. The normalized spacial score (nSPS) is 15.9. The molecule has 1 aromatic carbocycles. The summed E-state index contributed by atoms with van der Waals surface area (Å²) in [6.07, 6.45) is 3.98. The number of carbonyl (C=O) groups is 2. The van der Waals surface area contributed by atoms with Crippen LogP contribution in [0.3, 0.4) is 0 Å². The van der Waals surface area contributed by atoms with Gasteiger partial charge in [0.2, 0.25) is 11.9 Å². The van der Waals surface area contributed by atoms with Gasteiger partial charge in [-0.2, -0.15) is 0 Å². The molecule has 0 spiro atoms. The van der Waals surface area contributed by atoms with E-state index in [1.54, 1.807) is 24.3 Å². The number of anilines is 1. The lowest BCUT2D eigenvalue weighted by Crippen LogP contribution is -2.60. The van der Waals surface area contributed by atoms with Crippen LogP contribution in [0.1, 0.15) is 46.0 Å². The van der Waals surface area contributed by atoms with Gasteiger partial charge in [0.1, 0.15) is 5.54 Å². The van der Waals surface area contributed by atoms with E-state index in [2.05, 4.69) is 21.2 Å². The van der Waals surface area contributed by atoms with Gasteiger partial charge < -0.3 is 5.32 Å². The summed E-state index contributed by atoms with van der Waals surface area (Å²) in [6, 6.07) is 7.08. The van der Waals surface area contributed by atoms with Gasteiger partial charge in [-0.05, 0) is 31.9 Å². The van der Waals surface area contributed by atoms with Crippen molar-refractivity contribution in [3.05, 3.63) is 34.6 Å². The van der Waals surface area contributed by atoms with Gasteiger partial charge in [-0.3, -0.25) is 29.8 Å². The Balaban J connectivity index is 1.86. The highest BCUT2D eigenvalue weighted by atomic mass is 16.2. The molecule has 0 radical (unpaired) electrons. The molecule has 27 heavy (non-hydrogen) atoms. The quantitative estimate of drug-likeness (QED) is 0.694. The lowest BCUT2D eigenvalue weighted by Gasteiger charge is -2.36. The van der Waals surface area contributed by atoms with E-state index in [1.807, 2.05) is 6.92 Å². The lowest BCUT2D eigenvalue weighted by atomic mass is 9.81. The molecule has 2 amide bonds. The van der Waals surface area contributed by atoms with Crippen LogP contribution in [0.15, 0.2) is 29.1 Å². The van der Waals surface area contributed by atoms with Crippen LogP contribution >= 0.6 is 0 Å². The molecule has 1 aliphatic carbocycles. The average Bonchev–Trinajstić information content (AvgIpc) is 2.66. The third-order valence-corrected chi connectivity index (χ3v) is 5.02. The van der Waals surface area contributed by atoms with Gasteiger partial charge in [0.05, 0.1) is 10.9 Å². The van der Waals surface area contributed by atoms with Crippen LogP contribution in [-0.4, -0.2) is 26.9 Å². The van der Waals surface area contributed by atoms with E-state index in [9.17, 15) is 14.4 Å². The molecule has 3 rings (SSSR count). The van der Waals surface area contributed by atoms with Crippen LogP contribution in [0.2, 0.25) is 0 Å². The Labute approximate surface area is 157 Å². The molecule has 0 saturated heterocycles. The zero-order valence-corrected chi connectivity index (χ0v) is 15.7. The summed E-state index contributed by atoms with van der Waals surface area (Å²) in [5.74, 6) is -0.285. The third-order valence-electron chi connectivity index (χ3n) is 5.02. The molecule has 1 aliphatic rings. The second-order valence-electron chi connectivity index (χ2n) is 6.91. The fourth-order valence-corrected chi connectivity index (χ4v) is 3.69. The van der Waals surface area contributed by atoms with E-state index in [0.717, 1.165) is 19.3 Å². The summed E-state index contributed by atoms with van der Waals surface area (Å²) in [6.45, 7) is 3.66. The van der Waals surface area contributed by atoms with E-state index < -0.39 is 5.54 Å². The molecule has 1 saturated carbocycles. The van der Waals surface area contributed by atoms with Crippen LogP contribution in [0.25, 0.3) is 10.9 Å². The standard InChI is InChI=1S/C19H25N5O3/c1-3-24-16(26)14-9-5-6-10-15(14)20-18(24)23-22-17(27)19(21-13(2)25)11-7-4-8-12-19/h5-6,9-10H,3-4,7-8,11-12H2,1-2H3,(H,20,23)(H,21,25)(H,22,27). The topological polar surface area (TPSA) is 105 Å². The van der Waals surface area contributed by atoms with Gasteiger partial charge in [-0.1, -0.05) is 31.4 Å². The number of fused-ring (bicyclic) bond motifs is 1. The highest BCUT2D eigenvalue weighted by Crippen LogP contribution is 2.28. The van der Waals surface area contributed by atoms with Gasteiger partial charge in [0, 0.05) is 13.5 Å². The summed E-state index contributed by atoms with van der Waals surface area (Å²) >= 11 is 0. The average molecular weight is 371 g/mol. The molecule has 0 aliphatic heterocycles. The number of carbonyl (C=O) groups excluding carboxylic acids is 2. The molecule has 1 aromatic heterocycles. The van der Waals surface area contributed by atoms with Crippen molar-refractivity contribution in [2.24, 2.45) is 0 Å². The molecular formula is C19H25N5O3. The maximum Gasteiger partial charge on any atom is 0.264 e. The zero-order valence-electron chi connectivity index (χ0n) is 15.7. The lowest BCUT2D eigenvalue weighted by molar-refractivity contribution is -0.134. The molecule has 3 N–H and O–H groups in total. The monoisotopic (exact) mass is 371 g/mol. The van der Waals surface area contributed by atoms with Crippen LogP contribution in [0.4, 0.5) is 5.95 Å². The predicted octanol–water partition coefficient (Wildman–Crippen LogP) is 1.70. The van der Waals surface area contributed by atoms with Gasteiger partial charge >= 0.3 is 0 Å². The van der Waals surface area contributed by atoms with Crippen molar-refractivity contribution in [1.82, 2.24) is 20.3 Å². The Bertz CT molecular complexity index is 915. The SMILES string of the molecule is CCn1c(NNC(=O)C2(NC(C)=O)CCCCC2)nc2ccccc2c1=O. The highest BCUT2D eigenvalue weighted by molar-refractivity contribution is 5.91. The van der Waals surface area contributed by atoms with Crippen LogP contribution in [0, 0.1) is 0 Å². The fourth-order valence-electron chi connectivity index (χ4n) is 3.69. The number of hydrogen-bond acceptors (Lipinski definition) is 5. The molecule has 1 heterocycles. The Morgan fingerprint density at radius 2 is 1.89 bits per heavy atom. The van der Waals surface area contributed by atoms with Gasteiger partial charge in [-0.25, -0.2) is 4.98 Å². The summed E-state index contributed by atoms with van der Waals surface area (Å²) in [7, 11) is 0. The van der Waals surface area contributed by atoms with Crippen molar-refractivity contribution in [3.63, 3.8) is 0 Å².